The standard InChI is InChI=1S/C23H23F3N4O2.C22H25N3O/c1-32-19-5-4-16-12-18(3-2-17(16)13-19)20-6-9-27-22(29-20)30-10-7-15(8-11-30)14-28-21(31)23(24,25)26;1-26-20-9-8-17-12-19(7-6-18(17)13-20)21-10-11-24-22(25-21)16-4-2-15(14-23)3-5-16/h2-6,9,12-13,15H,7-8,10-11,14H2,1H3,(H,28,31);6-13,15-16H,2-5,14,23H2,1H3. The van der Waals surface area contributed by atoms with Crippen LogP contribution in [-0.2, 0) is 4.79 Å². The molecule has 0 radical (unpaired) electrons. The number of carbonyl (C=O) groups is 1. The smallest absolute Gasteiger partial charge is 0.471 e. The summed E-state index contributed by atoms with van der Waals surface area (Å²) < 4.78 is 47.6. The van der Waals surface area contributed by atoms with E-state index in [0.717, 1.165) is 70.0 Å². The molecule has 0 spiro atoms. The Morgan fingerprint density at radius 1 is 0.707 bits per heavy atom. The summed E-state index contributed by atoms with van der Waals surface area (Å²) in [5.74, 6) is 2.50. The van der Waals surface area contributed by atoms with Crippen molar-refractivity contribution in [3.8, 4) is 34.0 Å². The second kappa shape index (κ2) is 18.2. The zero-order valence-electron chi connectivity index (χ0n) is 32.7. The van der Waals surface area contributed by atoms with E-state index in [1.807, 2.05) is 64.9 Å². The van der Waals surface area contributed by atoms with E-state index in [2.05, 4.69) is 46.4 Å². The van der Waals surface area contributed by atoms with Gasteiger partial charge in [-0.2, -0.15) is 13.2 Å². The molecule has 1 saturated carbocycles. The third kappa shape index (κ3) is 9.82. The molecular formula is C45H48F3N7O3. The largest absolute Gasteiger partial charge is 0.497 e. The fourth-order valence-electron chi connectivity index (χ4n) is 7.74. The van der Waals surface area contributed by atoms with Crippen LogP contribution < -0.4 is 25.4 Å². The van der Waals surface area contributed by atoms with Crippen LogP contribution in [0.25, 0.3) is 44.1 Å². The van der Waals surface area contributed by atoms with E-state index in [4.69, 9.17) is 25.2 Å². The number of halogens is 3. The van der Waals surface area contributed by atoms with Crippen molar-refractivity contribution in [3.05, 3.63) is 103 Å². The number of anilines is 1. The van der Waals surface area contributed by atoms with Gasteiger partial charge in [-0.15, -0.1) is 0 Å². The van der Waals surface area contributed by atoms with Gasteiger partial charge in [0, 0.05) is 49.1 Å². The quantitative estimate of drug-likeness (QED) is 0.148. The summed E-state index contributed by atoms with van der Waals surface area (Å²) in [6, 6.07) is 28.4. The van der Waals surface area contributed by atoms with Gasteiger partial charge in [-0.25, -0.2) is 19.9 Å². The van der Waals surface area contributed by atoms with Gasteiger partial charge in [-0.1, -0.05) is 36.4 Å². The van der Waals surface area contributed by atoms with Crippen LogP contribution in [0.1, 0.15) is 50.3 Å². The number of hydrogen-bond donors (Lipinski definition) is 2. The first kappa shape index (κ1) is 40.4. The maximum absolute atomic E-state index is 12.3. The van der Waals surface area contributed by atoms with Crippen LogP contribution in [0.5, 0.6) is 11.5 Å². The first-order valence-electron chi connectivity index (χ1n) is 19.7. The zero-order chi connectivity index (χ0) is 40.6. The van der Waals surface area contributed by atoms with Crippen molar-refractivity contribution in [2.24, 2.45) is 17.6 Å². The van der Waals surface area contributed by atoms with Gasteiger partial charge in [0.15, 0.2) is 0 Å². The summed E-state index contributed by atoms with van der Waals surface area (Å²) in [7, 11) is 3.33. The van der Waals surface area contributed by atoms with Crippen molar-refractivity contribution in [2.45, 2.75) is 50.6 Å². The molecule has 3 N–H and O–H groups in total. The Hall–Kier alpha value is -5.82. The molecule has 1 aliphatic carbocycles. The summed E-state index contributed by atoms with van der Waals surface area (Å²) in [6.07, 6.45) is 4.73. The average Bonchev–Trinajstić information content (AvgIpc) is 3.27. The second-order valence-electron chi connectivity index (χ2n) is 15.0. The minimum Gasteiger partial charge on any atom is -0.497 e. The highest BCUT2D eigenvalue weighted by molar-refractivity contribution is 5.89. The Morgan fingerprint density at radius 3 is 1.79 bits per heavy atom. The van der Waals surface area contributed by atoms with Crippen LogP contribution in [0, 0.1) is 11.8 Å². The molecular weight excluding hydrogens is 744 g/mol. The van der Waals surface area contributed by atoms with Crippen molar-refractivity contribution in [3.63, 3.8) is 0 Å². The monoisotopic (exact) mass is 791 g/mol. The number of nitrogens with one attached hydrogen (secondary N) is 1. The number of benzene rings is 4. The number of amides is 1. The molecule has 0 bridgehead atoms. The molecule has 302 valence electrons. The van der Waals surface area contributed by atoms with Crippen molar-refractivity contribution in [1.29, 1.82) is 0 Å². The molecule has 3 heterocycles. The summed E-state index contributed by atoms with van der Waals surface area (Å²) in [4.78, 5) is 31.6. The Kier molecular flexibility index (Phi) is 12.7. The van der Waals surface area contributed by atoms with Crippen molar-refractivity contribution >= 4 is 33.4 Å². The van der Waals surface area contributed by atoms with Crippen molar-refractivity contribution in [2.75, 3.05) is 45.3 Å². The minimum atomic E-state index is -4.84. The average molecular weight is 792 g/mol. The van der Waals surface area contributed by atoms with E-state index in [1.54, 1.807) is 20.4 Å². The highest BCUT2D eigenvalue weighted by atomic mass is 19.4. The predicted octanol–water partition coefficient (Wildman–Crippen LogP) is 8.74. The fraction of sp³-hybridized carbons (Fsp3) is 0.356. The van der Waals surface area contributed by atoms with Crippen LogP contribution in [0.3, 0.4) is 0 Å². The molecule has 58 heavy (non-hydrogen) atoms. The Labute approximate surface area is 336 Å². The fourth-order valence-corrected chi connectivity index (χ4v) is 7.74. The number of fused-ring (bicyclic) bond motifs is 2. The number of alkyl halides is 3. The molecule has 4 aromatic carbocycles. The van der Waals surface area contributed by atoms with Crippen molar-refractivity contribution < 1.29 is 27.4 Å². The maximum Gasteiger partial charge on any atom is 0.471 e. The van der Waals surface area contributed by atoms with Gasteiger partial charge >= 0.3 is 12.1 Å². The molecule has 0 unspecified atom stereocenters. The van der Waals surface area contributed by atoms with Gasteiger partial charge in [0.25, 0.3) is 0 Å². The van der Waals surface area contributed by atoms with Gasteiger partial charge in [-0.05, 0) is 127 Å². The molecule has 13 heteroatoms. The van der Waals surface area contributed by atoms with Crippen LogP contribution in [0.2, 0.25) is 0 Å². The van der Waals surface area contributed by atoms with E-state index < -0.39 is 12.1 Å². The van der Waals surface area contributed by atoms with E-state index >= 15 is 0 Å². The first-order chi connectivity index (χ1) is 28.1. The normalized spacial score (nSPS) is 17.4. The lowest BCUT2D eigenvalue weighted by atomic mass is 9.81. The second-order valence-corrected chi connectivity index (χ2v) is 15.0. The summed E-state index contributed by atoms with van der Waals surface area (Å²) in [5, 5.41) is 6.48. The van der Waals surface area contributed by atoms with Gasteiger partial charge in [0.1, 0.15) is 17.3 Å². The molecule has 8 rings (SSSR count). The molecule has 1 amide bonds. The van der Waals surface area contributed by atoms with Crippen LogP contribution in [0.15, 0.2) is 97.3 Å². The molecule has 6 aromatic rings. The molecule has 10 nitrogen and oxygen atoms in total. The highest BCUT2D eigenvalue weighted by Gasteiger charge is 2.38. The summed E-state index contributed by atoms with van der Waals surface area (Å²) in [5.41, 5.74) is 9.70. The van der Waals surface area contributed by atoms with Gasteiger partial charge in [0.2, 0.25) is 5.95 Å². The number of nitrogens with two attached hydrogens (primary N) is 1. The Morgan fingerprint density at radius 2 is 1.24 bits per heavy atom. The molecule has 2 aromatic heterocycles. The molecule has 0 atom stereocenters. The first-order valence-corrected chi connectivity index (χ1v) is 19.7. The molecule has 1 aliphatic heterocycles. The number of rotatable bonds is 9. The lowest BCUT2D eigenvalue weighted by Gasteiger charge is -2.32. The highest BCUT2D eigenvalue weighted by Crippen LogP contribution is 2.35. The number of piperidine rings is 1. The SMILES string of the molecule is COc1ccc2cc(-c3ccnc(C4CCC(CN)CC4)n3)ccc2c1.COc1ccc2cc(-c3ccnc(N4CCC(CNC(=O)C(F)(F)F)CC4)n3)ccc2c1. The number of ether oxygens (including phenoxy) is 2. The van der Waals surface area contributed by atoms with Gasteiger partial charge < -0.3 is 25.4 Å². The summed E-state index contributed by atoms with van der Waals surface area (Å²) >= 11 is 0. The zero-order valence-corrected chi connectivity index (χ0v) is 32.7. The molecule has 2 fully saturated rings. The lowest BCUT2D eigenvalue weighted by molar-refractivity contribution is -0.173. The summed E-state index contributed by atoms with van der Waals surface area (Å²) in [6.45, 7) is 2.06. The van der Waals surface area contributed by atoms with Crippen LogP contribution >= 0.6 is 0 Å². The van der Waals surface area contributed by atoms with Crippen LogP contribution in [0.4, 0.5) is 19.1 Å². The van der Waals surface area contributed by atoms with E-state index in [0.29, 0.717) is 43.7 Å². The van der Waals surface area contributed by atoms with Crippen molar-refractivity contribution in [1.82, 2.24) is 25.3 Å². The number of methoxy groups -OCH3 is 2. The van der Waals surface area contributed by atoms with E-state index in [-0.39, 0.29) is 12.5 Å². The van der Waals surface area contributed by atoms with Crippen LogP contribution in [-0.4, -0.2) is 72.4 Å². The molecule has 1 saturated heterocycles. The van der Waals surface area contributed by atoms with Gasteiger partial charge in [-0.3, -0.25) is 4.79 Å². The van der Waals surface area contributed by atoms with Gasteiger partial charge in [0.05, 0.1) is 25.6 Å². The Bertz CT molecular complexity index is 2340. The Balaban J connectivity index is 0.000000180. The predicted molar refractivity (Wildman–Crippen MR) is 221 cm³/mol. The number of aromatic nitrogens is 4. The lowest BCUT2D eigenvalue weighted by Crippen LogP contribution is -2.43. The number of hydrogen-bond acceptors (Lipinski definition) is 9. The topological polar surface area (TPSA) is 128 Å². The molecule has 2 aliphatic rings. The van der Waals surface area contributed by atoms with E-state index in [1.165, 1.54) is 23.6 Å². The number of carbonyl (C=O) groups excluding carboxylic acids is 1. The minimum absolute atomic E-state index is 0.00166. The number of nitrogens with zero attached hydrogens (tertiary/aromatic N) is 5. The third-order valence-corrected chi connectivity index (χ3v) is 11.3. The maximum atomic E-state index is 12.3. The third-order valence-electron chi connectivity index (χ3n) is 11.3. The van der Waals surface area contributed by atoms with E-state index in [9.17, 15) is 18.0 Å².